The van der Waals surface area contributed by atoms with E-state index in [1.165, 1.54) is 5.56 Å². The highest BCUT2D eigenvalue weighted by Gasteiger charge is 2.00. The Labute approximate surface area is 102 Å². The molecule has 0 saturated carbocycles. The summed E-state index contributed by atoms with van der Waals surface area (Å²) in [5.74, 6) is 1.67. The van der Waals surface area contributed by atoms with Gasteiger partial charge in [0.25, 0.3) is 0 Å². The molecule has 0 aliphatic carbocycles. The molecule has 0 amide bonds. The van der Waals surface area contributed by atoms with Crippen LogP contribution in [0.2, 0.25) is 0 Å². The number of ether oxygens (including phenoxy) is 1. The average molecular weight is 227 g/mol. The van der Waals surface area contributed by atoms with E-state index in [0.29, 0.717) is 0 Å². The van der Waals surface area contributed by atoms with E-state index >= 15 is 0 Å². The van der Waals surface area contributed by atoms with Crippen molar-refractivity contribution in [2.75, 3.05) is 5.73 Å². The first kappa shape index (κ1) is 11.5. The topological polar surface area (TPSA) is 35.2 Å². The molecule has 2 nitrogen and oxygen atoms in total. The third kappa shape index (κ3) is 2.78. The maximum atomic E-state index is 5.76. The van der Waals surface area contributed by atoms with Gasteiger partial charge in [0.05, 0.1) is 0 Å². The Balaban J connectivity index is 2.16. The first-order chi connectivity index (χ1) is 8.19. The summed E-state index contributed by atoms with van der Waals surface area (Å²) >= 11 is 0. The van der Waals surface area contributed by atoms with E-state index in [4.69, 9.17) is 10.5 Å². The molecule has 0 radical (unpaired) electrons. The van der Waals surface area contributed by atoms with Crippen LogP contribution in [0.1, 0.15) is 18.1 Å². The second-order valence-corrected chi connectivity index (χ2v) is 4.12. The minimum atomic E-state index is 0.790. The second kappa shape index (κ2) is 4.91. The molecule has 0 aromatic heterocycles. The molecule has 0 atom stereocenters. The molecular formula is C15H17NO. The van der Waals surface area contributed by atoms with Crippen LogP contribution in [-0.2, 0) is 6.42 Å². The van der Waals surface area contributed by atoms with Crippen molar-refractivity contribution in [2.45, 2.75) is 20.3 Å². The Morgan fingerprint density at radius 1 is 1.00 bits per heavy atom. The molecule has 0 aliphatic rings. The Morgan fingerprint density at radius 3 is 2.24 bits per heavy atom. The molecule has 2 N–H and O–H groups in total. The van der Waals surface area contributed by atoms with Crippen molar-refractivity contribution in [1.29, 1.82) is 0 Å². The fourth-order valence-corrected chi connectivity index (χ4v) is 1.64. The first-order valence-electron chi connectivity index (χ1n) is 5.82. The first-order valence-corrected chi connectivity index (χ1v) is 5.82. The van der Waals surface area contributed by atoms with Gasteiger partial charge in [-0.2, -0.15) is 0 Å². The fourth-order valence-electron chi connectivity index (χ4n) is 1.64. The molecule has 0 saturated heterocycles. The monoisotopic (exact) mass is 227 g/mol. The van der Waals surface area contributed by atoms with E-state index in [2.05, 4.69) is 19.1 Å². The van der Waals surface area contributed by atoms with Crippen molar-refractivity contribution < 1.29 is 4.74 Å². The van der Waals surface area contributed by atoms with Crippen LogP contribution in [0.15, 0.2) is 42.5 Å². The van der Waals surface area contributed by atoms with Crippen LogP contribution in [0.5, 0.6) is 11.5 Å². The standard InChI is InChI=1S/C15H17NO/c1-3-12-4-6-13(7-5-12)17-14-8-9-15(16)11(2)10-14/h4-10H,3,16H2,1-2H3. The van der Waals surface area contributed by atoms with Crippen molar-refractivity contribution >= 4 is 5.69 Å². The summed E-state index contributed by atoms with van der Waals surface area (Å²) in [4.78, 5) is 0. The molecule has 2 aromatic carbocycles. The minimum absolute atomic E-state index is 0.790. The predicted molar refractivity (Wildman–Crippen MR) is 71.5 cm³/mol. The van der Waals surface area contributed by atoms with Gasteiger partial charge >= 0.3 is 0 Å². The quantitative estimate of drug-likeness (QED) is 0.806. The van der Waals surface area contributed by atoms with Crippen molar-refractivity contribution in [1.82, 2.24) is 0 Å². The molecule has 0 unspecified atom stereocenters. The van der Waals surface area contributed by atoms with Gasteiger partial charge in [0.2, 0.25) is 0 Å². The number of nitrogens with two attached hydrogens (primary N) is 1. The lowest BCUT2D eigenvalue weighted by Crippen LogP contribution is -1.91. The average Bonchev–Trinajstić information content (AvgIpc) is 2.35. The largest absolute Gasteiger partial charge is 0.457 e. The molecule has 0 fully saturated rings. The van der Waals surface area contributed by atoms with E-state index in [1.807, 2.05) is 37.3 Å². The van der Waals surface area contributed by atoms with Gasteiger partial charge in [-0.3, -0.25) is 0 Å². The van der Waals surface area contributed by atoms with Crippen LogP contribution >= 0.6 is 0 Å². The lowest BCUT2D eigenvalue weighted by atomic mass is 10.1. The molecule has 0 aliphatic heterocycles. The molecule has 17 heavy (non-hydrogen) atoms. The third-order valence-corrected chi connectivity index (χ3v) is 2.81. The second-order valence-electron chi connectivity index (χ2n) is 4.12. The van der Waals surface area contributed by atoms with Crippen molar-refractivity contribution in [3.8, 4) is 11.5 Å². The number of aryl methyl sites for hydroxylation is 2. The predicted octanol–water partition coefficient (Wildman–Crippen LogP) is 3.93. The van der Waals surface area contributed by atoms with Gasteiger partial charge in [-0.15, -0.1) is 0 Å². The summed E-state index contributed by atoms with van der Waals surface area (Å²) in [6, 6.07) is 13.8. The highest BCUT2D eigenvalue weighted by atomic mass is 16.5. The van der Waals surface area contributed by atoms with Gasteiger partial charge in [0.15, 0.2) is 0 Å². The van der Waals surface area contributed by atoms with E-state index in [9.17, 15) is 0 Å². The van der Waals surface area contributed by atoms with Crippen molar-refractivity contribution in [2.24, 2.45) is 0 Å². The third-order valence-electron chi connectivity index (χ3n) is 2.81. The lowest BCUT2D eigenvalue weighted by Gasteiger charge is -2.08. The molecule has 0 bridgehead atoms. The van der Waals surface area contributed by atoms with Crippen LogP contribution in [0, 0.1) is 6.92 Å². The van der Waals surface area contributed by atoms with Gasteiger partial charge in [-0.1, -0.05) is 19.1 Å². The molecule has 88 valence electrons. The van der Waals surface area contributed by atoms with Gasteiger partial charge in [0.1, 0.15) is 11.5 Å². The Kier molecular flexibility index (Phi) is 3.33. The van der Waals surface area contributed by atoms with E-state index in [1.54, 1.807) is 0 Å². The van der Waals surface area contributed by atoms with E-state index in [-0.39, 0.29) is 0 Å². The number of hydrogen-bond donors (Lipinski definition) is 1. The number of nitrogen functional groups attached to an aromatic ring is 1. The van der Waals surface area contributed by atoms with Crippen molar-refractivity contribution in [3.05, 3.63) is 53.6 Å². The van der Waals surface area contributed by atoms with Crippen LogP contribution < -0.4 is 10.5 Å². The fraction of sp³-hybridized carbons (Fsp3) is 0.200. The summed E-state index contributed by atoms with van der Waals surface area (Å²) in [5, 5.41) is 0. The van der Waals surface area contributed by atoms with Gasteiger partial charge in [-0.05, 0) is 54.8 Å². The van der Waals surface area contributed by atoms with E-state index < -0.39 is 0 Å². The highest BCUT2D eigenvalue weighted by Crippen LogP contribution is 2.24. The molecule has 0 heterocycles. The maximum absolute atomic E-state index is 5.76. The lowest BCUT2D eigenvalue weighted by molar-refractivity contribution is 0.482. The van der Waals surface area contributed by atoms with E-state index in [0.717, 1.165) is 29.2 Å². The Bertz CT molecular complexity index is 503. The summed E-state index contributed by atoms with van der Waals surface area (Å²) < 4.78 is 5.76. The molecule has 2 heteroatoms. The Hall–Kier alpha value is -1.96. The zero-order valence-corrected chi connectivity index (χ0v) is 10.2. The van der Waals surface area contributed by atoms with Crippen molar-refractivity contribution in [3.63, 3.8) is 0 Å². The zero-order chi connectivity index (χ0) is 12.3. The SMILES string of the molecule is CCc1ccc(Oc2ccc(N)c(C)c2)cc1. The molecule has 2 rings (SSSR count). The number of rotatable bonds is 3. The summed E-state index contributed by atoms with van der Waals surface area (Å²) in [5.41, 5.74) is 8.90. The maximum Gasteiger partial charge on any atom is 0.127 e. The van der Waals surface area contributed by atoms with Crippen LogP contribution in [0.4, 0.5) is 5.69 Å². The smallest absolute Gasteiger partial charge is 0.127 e. The number of hydrogen-bond acceptors (Lipinski definition) is 2. The molecule has 2 aromatic rings. The van der Waals surface area contributed by atoms with Crippen LogP contribution in [-0.4, -0.2) is 0 Å². The molecular weight excluding hydrogens is 210 g/mol. The minimum Gasteiger partial charge on any atom is -0.457 e. The molecule has 0 spiro atoms. The van der Waals surface area contributed by atoms with Gasteiger partial charge < -0.3 is 10.5 Å². The Morgan fingerprint density at radius 2 is 1.65 bits per heavy atom. The van der Waals surface area contributed by atoms with Gasteiger partial charge in [0, 0.05) is 5.69 Å². The van der Waals surface area contributed by atoms with Crippen LogP contribution in [0.25, 0.3) is 0 Å². The zero-order valence-electron chi connectivity index (χ0n) is 10.2. The summed E-state index contributed by atoms with van der Waals surface area (Å²) in [6.45, 7) is 4.11. The summed E-state index contributed by atoms with van der Waals surface area (Å²) in [7, 11) is 0. The normalized spacial score (nSPS) is 10.2. The highest BCUT2D eigenvalue weighted by molar-refractivity contribution is 5.50. The number of anilines is 1. The van der Waals surface area contributed by atoms with Gasteiger partial charge in [-0.25, -0.2) is 0 Å². The summed E-state index contributed by atoms with van der Waals surface area (Å²) in [6.07, 6.45) is 1.04. The van der Waals surface area contributed by atoms with Crippen LogP contribution in [0.3, 0.4) is 0 Å². The number of benzene rings is 2.